The van der Waals surface area contributed by atoms with Crippen molar-refractivity contribution in [2.24, 2.45) is 0 Å². The lowest BCUT2D eigenvalue weighted by Gasteiger charge is -2.01. The second-order valence-electron chi connectivity index (χ2n) is 5.67. The topological polar surface area (TPSA) is 47.0 Å². The van der Waals surface area contributed by atoms with Gasteiger partial charge in [-0.25, -0.2) is 4.98 Å². The molecule has 2 aromatic rings. The summed E-state index contributed by atoms with van der Waals surface area (Å²) in [5, 5.41) is 0.878. The Morgan fingerprint density at radius 1 is 1.14 bits per heavy atom. The summed E-state index contributed by atoms with van der Waals surface area (Å²) in [5.41, 5.74) is 0.719. The number of benzene rings is 1. The Labute approximate surface area is 135 Å². The number of ketones is 2. The summed E-state index contributed by atoms with van der Waals surface area (Å²) < 4.78 is 0. The molecule has 0 radical (unpaired) electrons. The van der Waals surface area contributed by atoms with Crippen molar-refractivity contribution in [2.75, 3.05) is 0 Å². The van der Waals surface area contributed by atoms with Gasteiger partial charge in [0.05, 0.1) is 6.42 Å². The predicted molar refractivity (Wildman–Crippen MR) is 89.5 cm³/mol. The van der Waals surface area contributed by atoms with Crippen molar-refractivity contribution in [3.8, 4) is 0 Å². The lowest BCUT2D eigenvalue weighted by Crippen LogP contribution is -2.05. The molecule has 0 unspecified atom stereocenters. The molecule has 0 bridgehead atoms. The lowest BCUT2D eigenvalue weighted by molar-refractivity contribution is -0.118. The van der Waals surface area contributed by atoms with Crippen molar-refractivity contribution in [1.82, 2.24) is 4.98 Å². The Kier molecular flexibility index (Phi) is 6.01. The highest BCUT2D eigenvalue weighted by Gasteiger charge is 2.11. The zero-order valence-corrected chi connectivity index (χ0v) is 13.9. The van der Waals surface area contributed by atoms with Gasteiger partial charge in [-0.1, -0.05) is 44.2 Å². The number of Topliss-reactive ketones (excluding diaryl/α,β-unsaturated/α-hetero) is 2. The molecule has 0 atom stereocenters. The number of rotatable bonds is 8. The average molecular weight is 315 g/mol. The van der Waals surface area contributed by atoms with Crippen LogP contribution in [-0.2, 0) is 11.2 Å². The van der Waals surface area contributed by atoms with Crippen LogP contribution < -0.4 is 0 Å². The second kappa shape index (κ2) is 7.99. The number of aromatic nitrogens is 1. The maximum atomic E-state index is 12.0. The van der Waals surface area contributed by atoms with Crippen molar-refractivity contribution >= 4 is 22.9 Å². The van der Waals surface area contributed by atoms with Gasteiger partial charge in [-0.15, -0.1) is 11.3 Å². The molecule has 0 fully saturated rings. The molecular weight excluding hydrogens is 294 g/mol. The predicted octanol–water partition coefficient (Wildman–Crippen LogP) is 4.43. The van der Waals surface area contributed by atoms with E-state index >= 15 is 0 Å². The molecule has 0 aliphatic carbocycles. The van der Waals surface area contributed by atoms with Crippen molar-refractivity contribution in [2.45, 2.75) is 45.4 Å². The number of hydrogen-bond acceptors (Lipinski definition) is 4. The third-order valence-corrected chi connectivity index (χ3v) is 4.74. The minimum atomic E-state index is 0.102. The highest BCUT2D eigenvalue weighted by atomic mass is 32.1. The summed E-state index contributed by atoms with van der Waals surface area (Å²) in [7, 11) is 0. The monoisotopic (exact) mass is 315 g/mol. The first-order valence-electron chi connectivity index (χ1n) is 7.61. The maximum absolute atomic E-state index is 12.0. The van der Waals surface area contributed by atoms with Crippen molar-refractivity contribution in [3.05, 3.63) is 52.0 Å². The highest BCUT2D eigenvalue weighted by Crippen LogP contribution is 2.22. The van der Waals surface area contributed by atoms with Gasteiger partial charge in [0.2, 0.25) is 0 Å². The summed E-state index contributed by atoms with van der Waals surface area (Å²) in [6, 6.07) is 9.22. The zero-order chi connectivity index (χ0) is 15.9. The molecule has 116 valence electrons. The van der Waals surface area contributed by atoms with E-state index in [0.717, 1.165) is 10.6 Å². The highest BCUT2D eigenvalue weighted by molar-refractivity contribution is 7.11. The minimum Gasteiger partial charge on any atom is -0.299 e. The number of hydrogen-bond donors (Lipinski definition) is 0. The molecule has 0 saturated heterocycles. The van der Waals surface area contributed by atoms with Crippen LogP contribution in [0.2, 0.25) is 0 Å². The van der Waals surface area contributed by atoms with Crippen molar-refractivity contribution < 1.29 is 9.59 Å². The van der Waals surface area contributed by atoms with Crippen LogP contribution in [0.4, 0.5) is 0 Å². The van der Waals surface area contributed by atoms with E-state index in [-0.39, 0.29) is 11.6 Å². The van der Waals surface area contributed by atoms with Crippen LogP contribution in [0.3, 0.4) is 0 Å². The minimum absolute atomic E-state index is 0.102. The fourth-order valence-electron chi connectivity index (χ4n) is 2.14. The molecule has 1 aromatic heterocycles. The molecule has 0 aliphatic rings. The smallest absolute Gasteiger partial charge is 0.162 e. The van der Waals surface area contributed by atoms with Crippen LogP contribution in [0.1, 0.15) is 59.3 Å². The average Bonchev–Trinajstić information content (AvgIpc) is 2.96. The lowest BCUT2D eigenvalue weighted by atomic mass is 10.0. The Bertz CT molecular complexity index is 632. The third kappa shape index (κ3) is 4.88. The molecule has 1 heterocycles. The standard InChI is InChI=1S/C18H21NO2S/c1-13(2)17-12-19-18(22-17)11-15(20)9-6-10-16(21)14-7-4-3-5-8-14/h3-5,7-8,12-13H,6,9-11H2,1-2H3. The number of carbonyl (C=O) groups is 2. The van der Waals surface area contributed by atoms with Gasteiger partial charge in [0, 0.05) is 29.5 Å². The first kappa shape index (κ1) is 16.6. The number of thiazole rings is 1. The quantitative estimate of drug-likeness (QED) is 0.677. The molecule has 0 amide bonds. The van der Waals surface area contributed by atoms with E-state index in [1.165, 1.54) is 4.88 Å². The van der Waals surface area contributed by atoms with Crippen LogP contribution in [-0.4, -0.2) is 16.6 Å². The summed E-state index contributed by atoms with van der Waals surface area (Å²) >= 11 is 1.61. The molecule has 0 saturated carbocycles. The molecule has 4 heteroatoms. The van der Waals surface area contributed by atoms with Gasteiger partial charge >= 0.3 is 0 Å². The van der Waals surface area contributed by atoms with Gasteiger partial charge in [-0.3, -0.25) is 9.59 Å². The normalized spacial score (nSPS) is 10.9. The SMILES string of the molecule is CC(C)c1cnc(CC(=O)CCCC(=O)c2ccccc2)s1. The second-order valence-corrected chi connectivity index (χ2v) is 6.82. The zero-order valence-electron chi connectivity index (χ0n) is 13.0. The first-order chi connectivity index (χ1) is 10.6. The van der Waals surface area contributed by atoms with Gasteiger partial charge in [-0.2, -0.15) is 0 Å². The summed E-state index contributed by atoms with van der Waals surface area (Å²) in [6.45, 7) is 4.24. The molecule has 2 rings (SSSR count). The largest absolute Gasteiger partial charge is 0.299 e. The summed E-state index contributed by atoms with van der Waals surface area (Å²) in [4.78, 5) is 29.4. The molecule has 0 aliphatic heterocycles. The number of carbonyl (C=O) groups excluding carboxylic acids is 2. The molecule has 22 heavy (non-hydrogen) atoms. The van der Waals surface area contributed by atoms with Gasteiger partial charge in [-0.05, 0) is 12.3 Å². The third-order valence-electron chi connectivity index (χ3n) is 3.44. The Morgan fingerprint density at radius 3 is 2.50 bits per heavy atom. The van der Waals surface area contributed by atoms with E-state index in [1.54, 1.807) is 11.3 Å². The maximum Gasteiger partial charge on any atom is 0.162 e. The van der Waals surface area contributed by atoms with Crippen LogP contribution >= 0.6 is 11.3 Å². The molecule has 0 spiro atoms. The molecule has 0 N–H and O–H groups in total. The molecule has 1 aromatic carbocycles. The van der Waals surface area contributed by atoms with Gasteiger partial charge in [0.1, 0.15) is 10.8 Å². The fourth-order valence-corrected chi connectivity index (χ4v) is 3.10. The molecule has 3 nitrogen and oxygen atoms in total. The van der Waals surface area contributed by atoms with Gasteiger partial charge < -0.3 is 0 Å². The van der Waals surface area contributed by atoms with Crippen LogP contribution in [0.15, 0.2) is 36.5 Å². The molecular formula is C18H21NO2S. The Morgan fingerprint density at radius 2 is 1.86 bits per heavy atom. The van der Waals surface area contributed by atoms with Crippen LogP contribution in [0, 0.1) is 0 Å². The van der Waals surface area contributed by atoms with E-state index in [4.69, 9.17) is 0 Å². The van der Waals surface area contributed by atoms with Crippen LogP contribution in [0.5, 0.6) is 0 Å². The first-order valence-corrected chi connectivity index (χ1v) is 8.42. The summed E-state index contributed by atoms with van der Waals surface area (Å²) in [6.07, 6.45) is 3.71. The van der Waals surface area contributed by atoms with Crippen molar-refractivity contribution in [1.29, 1.82) is 0 Å². The van der Waals surface area contributed by atoms with E-state index in [9.17, 15) is 9.59 Å². The Balaban J connectivity index is 1.74. The van der Waals surface area contributed by atoms with E-state index in [1.807, 2.05) is 36.5 Å². The van der Waals surface area contributed by atoms with E-state index in [2.05, 4.69) is 18.8 Å². The van der Waals surface area contributed by atoms with E-state index < -0.39 is 0 Å². The summed E-state index contributed by atoms with van der Waals surface area (Å²) in [5.74, 6) is 0.708. The van der Waals surface area contributed by atoms with Gasteiger partial charge in [0.25, 0.3) is 0 Å². The van der Waals surface area contributed by atoms with Gasteiger partial charge in [0.15, 0.2) is 5.78 Å². The van der Waals surface area contributed by atoms with Crippen LogP contribution in [0.25, 0.3) is 0 Å². The van der Waals surface area contributed by atoms with Crippen molar-refractivity contribution in [3.63, 3.8) is 0 Å². The fraction of sp³-hybridized carbons (Fsp3) is 0.389. The van der Waals surface area contributed by atoms with E-state index in [0.29, 0.717) is 31.6 Å². The number of nitrogens with zero attached hydrogens (tertiary/aromatic N) is 1. The Hall–Kier alpha value is -1.81.